The van der Waals surface area contributed by atoms with Gasteiger partial charge in [-0.05, 0) is 11.8 Å². The predicted octanol–water partition coefficient (Wildman–Crippen LogP) is 1.17. The molecule has 1 amide bonds. The number of aliphatic hydroxyl groups is 1. The Morgan fingerprint density at radius 1 is 1.31 bits per heavy atom. The lowest BCUT2D eigenvalue weighted by atomic mass is 10.0. The second-order valence-corrected chi connectivity index (χ2v) is 4.20. The van der Waals surface area contributed by atoms with Crippen molar-refractivity contribution in [2.75, 3.05) is 6.61 Å². The molecule has 0 fully saturated rings. The molecule has 0 radical (unpaired) electrons. The van der Waals surface area contributed by atoms with Crippen molar-refractivity contribution in [2.24, 2.45) is 11.8 Å². The number of hydrogen-bond donors (Lipinski definition) is 2. The Labute approximate surface area is 80.5 Å². The highest BCUT2D eigenvalue weighted by molar-refractivity contribution is 5.76. The van der Waals surface area contributed by atoms with Gasteiger partial charge in [-0.15, -0.1) is 0 Å². The Hall–Kier alpha value is -0.570. The minimum absolute atomic E-state index is 0.0154. The summed E-state index contributed by atoms with van der Waals surface area (Å²) in [6.07, 6.45) is 0.531. The third-order valence-electron chi connectivity index (χ3n) is 1.94. The van der Waals surface area contributed by atoms with Crippen molar-refractivity contribution in [3.63, 3.8) is 0 Å². The molecule has 0 saturated heterocycles. The smallest absolute Gasteiger partial charge is 0.220 e. The number of carbonyl (C=O) groups is 1. The summed E-state index contributed by atoms with van der Waals surface area (Å²) >= 11 is 0. The van der Waals surface area contributed by atoms with Gasteiger partial charge in [0, 0.05) is 6.42 Å². The number of hydrogen-bond acceptors (Lipinski definition) is 2. The van der Waals surface area contributed by atoms with Crippen molar-refractivity contribution in [3.05, 3.63) is 0 Å². The molecular formula is C10H21NO2. The molecule has 0 aliphatic heterocycles. The highest BCUT2D eigenvalue weighted by Gasteiger charge is 2.15. The summed E-state index contributed by atoms with van der Waals surface area (Å²) in [6.45, 7) is 7.99. The van der Waals surface area contributed by atoms with Crippen molar-refractivity contribution < 1.29 is 9.90 Å². The van der Waals surface area contributed by atoms with E-state index in [1.165, 1.54) is 0 Å². The average molecular weight is 187 g/mol. The lowest BCUT2D eigenvalue weighted by Gasteiger charge is -2.20. The van der Waals surface area contributed by atoms with Crippen LogP contribution in [-0.4, -0.2) is 23.7 Å². The summed E-state index contributed by atoms with van der Waals surface area (Å²) in [4.78, 5) is 11.3. The second kappa shape index (κ2) is 5.97. The maximum atomic E-state index is 11.3. The molecule has 0 aromatic heterocycles. The van der Waals surface area contributed by atoms with Gasteiger partial charge in [0.15, 0.2) is 0 Å². The topological polar surface area (TPSA) is 49.3 Å². The van der Waals surface area contributed by atoms with E-state index in [0.717, 1.165) is 0 Å². The molecule has 3 heteroatoms. The predicted molar refractivity (Wildman–Crippen MR) is 53.3 cm³/mol. The lowest BCUT2D eigenvalue weighted by molar-refractivity contribution is -0.123. The molecule has 0 saturated carbocycles. The van der Waals surface area contributed by atoms with Gasteiger partial charge in [-0.1, -0.05) is 27.7 Å². The first-order chi connectivity index (χ1) is 5.97. The second-order valence-electron chi connectivity index (χ2n) is 4.20. The van der Waals surface area contributed by atoms with E-state index < -0.39 is 0 Å². The Bertz CT molecular complexity index is 155. The molecule has 0 aromatic rings. The fourth-order valence-corrected chi connectivity index (χ4v) is 1.06. The summed E-state index contributed by atoms with van der Waals surface area (Å²) in [5.74, 6) is 0.676. The molecule has 3 nitrogen and oxygen atoms in total. The summed E-state index contributed by atoms with van der Waals surface area (Å²) in [5.41, 5.74) is 0. The van der Waals surface area contributed by atoms with Crippen LogP contribution in [0, 0.1) is 11.8 Å². The van der Waals surface area contributed by atoms with E-state index >= 15 is 0 Å². The van der Waals surface area contributed by atoms with Crippen LogP contribution in [0.15, 0.2) is 0 Å². The van der Waals surface area contributed by atoms with Crippen LogP contribution in [0.5, 0.6) is 0 Å². The van der Waals surface area contributed by atoms with Crippen molar-refractivity contribution in [3.8, 4) is 0 Å². The molecule has 0 heterocycles. The van der Waals surface area contributed by atoms with Crippen LogP contribution in [0.1, 0.15) is 34.1 Å². The van der Waals surface area contributed by atoms with Gasteiger partial charge in [0.05, 0.1) is 12.6 Å². The fourth-order valence-electron chi connectivity index (χ4n) is 1.06. The van der Waals surface area contributed by atoms with Crippen LogP contribution in [0.25, 0.3) is 0 Å². The summed E-state index contributed by atoms with van der Waals surface area (Å²) in [7, 11) is 0. The van der Waals surface area contributed by atoms with Gasteiger partial charge in [0.25, 0.3) is 0 Å². The van der Waals surface area contributed by atoms with Crippen LogP contribution in [0.2, 0.25) is 0 Å². The van der Waals surface area contributed by atoms with E-state index in [1.54, 1.807) is 0 Å². The standard InChI is InChI=1S/C10H21NO2/c1-7(2)5-10(13)11-9(6-12)8(3)4/h7-9,12H,5-6H2,1-4H3,(H,11,13)/t9-/m1/s1. The Morgan fingerprint density at radius 2 is 1.85 bits per heavy atom. The van der Waals surface area contributed by atoms with Crippen molar-refractivity contribution in [1.82, 2.24) is 5.32 Å². The normalized spacial score (nSPS) is 13.5. The van der Waals surface area contributed by atoms with Gasteiger partial charge in [-0.2, -0.15) is 0 Å². The number of carbonyl (C=O) groups excluding carboxylic acids is 1. The van der Waals surface area contributed by atoms with Gasteiger partial charge in [0.1, 0.15) is 0 Å². The first kappa shape index (κ1) is 12.4. The molecule has 1 atom stereocenters. The molecule has 0 bridgehead atoms. The van der Waals surface area contributed by atoms with E-state index in [-0.39, 0.29) is 24.5 Å². The average Bonchev–Trinajstić information content (AvgIpc) is 1.98. The number of amides is 1. The number of aliphatic hydroxyl groups excluding tert-OH is 1. The SMILES string of the molecule is CC(C)CC(=O)N[C@H](CO)C(C)C. The molecule has 78 valence electrons. The van der Waals surface area contributed by atoms with Crippen molar-refractivity contribution >= 4 is 5.91 Å². The van der Waals surface area contributed by atoms with E-state index in [9.17, 15) is 4.79 Å². The minimum Gasteiger partial charge on any atom is -0.394 e. The van der Waals surface area contributed by atoms with E-state index in [2.05, 4.69) is 5.32 Å². The van der Waals surface area contributed by atoms with Crippen LogP contribution in [-0.2, 0) is 4.79 Å². The Morgan fingerprint density at radius 3 is 2.15 bits per heavy atom. The van der Waals surface area contributed by atoms with Crippen molar-refractivity contribution in [2.45, 2.75) is 40.2 Å². The van der Waals surface area contributed by atoms with Crippen LogP contribution < -0.4 is 5.32 Å². The van der Waals surface area contributed by atoms with Gasteiger partial charge in [-0.3, -0.25) is 4.79 Å². The van der Waals surface area contributed by atoms with Crippen LogP contribution in [0.3, 0.4) is 0 Å². The lowest BCUT2D eigenvalue weighted by Crippen LogP contribution is -2.41. The van der Waals surface area contributed by atoms with E-state index in [4.69, 9.17) is 5.11 Å². The molecule has 0 spiro atoms. The number of nitrogens with one attached hydrogen (secondary N) is 1. The van der Waals surface area contributed by atoms with Crippen LogP contribution in [0.4, 0.5) is 0 Å². The molecule has 13 heavy (non-hydrogen) atoms. The van der Waals surface area contributed by atoms with Gasteiger partial charge in [0.2, 0.25) is 5.91 Å². The molecule has 0 aliphatic carbocycles. The molecule has 2 N–H and O–H groups in total. The summed E-state index contributed by atoms with van der Waals surface area (Å²) in [5, 5.41) is 11.8. The van der Waals surface area contributed by atoms with E-state index in [0.29, 0.717) is 12.3 Å². The fraction of sp³-hybridized carbons (Fsp3) is 0.900. The molecule has 0 aromatic carbocycles. The first-order valence-corrected chi connectivity index (χ1v) is 4.87. The van der Waals surface area contributed by atoms with Crippen molar-refractivity contribution in [1.29, 1.82) is 0 Å². The molecular weight excluding hydrogens is 166 g/mol. The zero-order valence-corrected chi connectivity index (χ0v) is 9.00. The maximum absolute atomic E-state index is 11.3. The Kier molecular flexibility index (Phi) is 5.71. The quantitative estimate of drug-likeness (QED) is 0.678. The third kappa shape index (κ3) is 5.64. The zero-order valence-electron chi connectivity index (χ0n) is 9.00. The molecule has 0 aliphatic rings. The zero-order chi connectivity index (χ0) is 10.4. The first-order valence-electron chi connectivity index (χ1n) is 4.87. The van der Waals surface area contributed by atoms with Crippen LogP contribution >= 0.6 is 0 Å². The highest BCUT2D eigenvalue weighted by atomic mass is 16.3. The van der Waals surface area contributed by atoms with Gasteiger partial charge in [-0.25, -0.2) is 0 Å². The summed E-state index contributed by atoms with van der Waals surface area (Å²) in [6, 6.07) is -0.105. The van der Waals surface area contributed by atoms with Gasteiger partial charge >= 0.3 is 0 Å². The number of rotatable bonds is 5. The summed E-state index contributed by atoms with van der Waals surface area (Å²) < 4.78 is 0. The maximum Gasteiger partial charge on any atom is 0.220 e. The third-order valence-corrected chi connectivity index (χ3v) is 1.94. The van der Waals surface area contributed by atoms with Gasteiger partial charge < -0.3 is 10.4 Å². The minimum atomic E-state index is -0.105. The highest BCUT2D eigenvalue weighted by Crippen LogP contribution is 2.03. The molecule has 0 unspecified atom stereocenters. The largest absolute Gasteiger partial charge is 0.394 e. The van der Waals surface area contributed by atoms with E-state index in [1.807, 2.05) is 27.7 Å². The Balaban J connectivity index is 3.87. The monoisotopic (exact) mass is 187 g/mol. The molecule has 0 rings (SSSR count).